The lowest BCUT2D eigenvalue weighted by Crippen LogP contribution is -1.91. The predicted molar refractivity (Wildman–Crippen MR) is 87.0 cm³/mol. The Balaban J connectivity index is 1.96. The van der Waals surface area contributed by atoms with E-state index in [-0.39, 0.29) is 10.0 Å². The van der Waals surface area contributed by atoms with Crippen LogP contribution < -0.4 is 5.32 Å². The number of halogens is 4. The molecule has 20 heavy (non-hydrogen) atoms. The van der Waals surface area contributed by atoms with Crippen LogP contribution in [-0.2, 0) is 0 Å². The van der Waals surface area contributed by atoms with Crippen LogP contribution in [0, 0.1) is 5.82 Å². The van der Waals surface area contributed by atoms with Crippen molar-refractivity contribution >= 4 is 71.5 Å². The molecule has 1 N–H and O–H groups in total. The number of hydrogen-bond acceptors (Lipinski definition) is 3. The Kier molecular flexibility index (Phi) is 3.86. The van der Waals surface area contributed by atoms with Crippen LogP contribution in [0.1, 0.15) is 0 Å². The fraction of sp³-hybridized carbons (Fsp3) is 0. The molecule has 0 unspecified atom stereocenters. The van der Waals surface area contributed by atoms with E-state index in [0.29, 0.717) is 10.8 Å². The first kappa shape index (κ1) is 14.1. The smallest absolute Gasteiger partial charge is 0.188 e. The molecule has 0 fully saturated rings. The van der Waals surface area contributed by atoms with Gasteiger partial charge in [0.2, 0.25) is 0 Å². The first-order chi connectivity index (χ1) is 9.52. The first-order valence-corrected chi connectivity index (χ1v) is 7.87. The molecule has 3 aromatic rings. The largest absolute Gasteiger partial charge is 0.331 e. The molecule has 0 bridgehead atoms. The minimum Gasteiger partial charge on any atom is -0.331 e. The van der Waals surface area contributed by atoms with E-state index in [0.717, 1.165) is 14.7 Å². The van der Waals surface area contributed by atoms with Gasteiger partial charge >= 0.3 is 0 Å². The van der Waals surface area contributed by atoms with Gasteiger partial charge < -0.3 is 5.32 Å². The number of aromatic nitrogens is 1. The van der Waals surface area contributed by atoms with E-state index in [2.05, 4.69) is 26.2 Å². The van der Waals surface area contributed by atoms with Crippen molar-refractivity contribution in [1.29, 1.82) is 0 Å². The van der Waals surface area contributed by atoms with Crippen LogP contribution in [0.2, 0.25) is 10.0 Å². The van der Waals surface area contributed by atoms with Gasteiger partial charge in [0.05, 0.1) is 20.3 Å². The topological polar surface area (TPSA) is 24.9 Å². The van der Waals surface area contributed by atoms with Crippen LogP contribution in [0.3, 0.4) is 0 Å². The summed E-state index contributed by atoms with van der Waals surface area (Å²) in [7, 11) is 0. The van der Waals surface area contributed by atoms with Crippen LogP contribution in [0.15, 0.2) is 34.8 Å². The molecule has 0 spiro atoms. The van der Waals surface area contributed by atoms with Gasteiger partial charge in [-0.1, -0.05) is 50.5 Å². The number of thiazole rings is 1. The van der Waals surface area contributed by atoms with Crippen molar-refractivity contribution in [2.24, 2.45) is 0 Å². The summed E-state index contributed by atoms with van der Waals surface area (Å²) in [6.07, 6.45) is 0. The van der Waals surface area contributed by atoms with Crippen molar-refractivity contribution in [2.75, 3.05) is 5.32 Å². The van der Waals surface area contributed by atoms with Crippen molar-refractivity contribution in [2.45, 2.75) is 0 Å². The van der Waals surface area contributed by atoms with Crippen LogP contribution in [0.4, 0.5) is 15.2 Å². The van der Waals surface area contributed by atoms with E-state index < -0.39 is 5.82 Å². The lowest BCUT2D eigenvalue weighted by molar-refractivity contribution is 0.629. The van der Waals surface area contributed by atoms with Gasteiger partial charge in [0, 0.05) is 10.2 Å². The average Bonchev–Trinajstić information content (AvgIpc) is 2.77. The number of nitrogens with one attached hydrogen (secondary N) is 1. The number of benzene rings is 2. The molecule has 0 aliphatic carbocycles. The molecule has 0 saturated heterocycles. The van der Waals surface area contributed by atoms with Gasteiger partial charge in [-0.2, -0.15) is 0 Å². The molecule has 102 valence electrons. The highest BCUT2D eigenvalue weighted by atomic mass is 79.9. The van der Waals surface area contributed by atoms with Crippen molar-refractivity contribution in [1.82, 2.24) is 4.98 Å². The highest BCUT2D eigenvalue weighted by molar-refractivity contribution is 9.10. The zero-order valence-electron chi connectivity index (χ0n) is 9.75. The molecule has 0 aliphatic heterocycles. The standard InChI is InChI=1S/C13H6BrCl2FN2S/c14-6-1-2-11-10(3-6)19-13(20-11)18-7-4-8(15)12(17)9(16)5-7/h1-5H,(H,18,19). The van der Waals surface area contributed by atoms with E-state index in [1.54, 1.807) is 0 Å². The summed E-state index contributed by atoms with van der Waals surface area (Å²) in [5, 5.41) is 3.72. The summed E-state index contributed by atoms with van der Waals surface area (Å²) in [6.45, 7) is 0. The summed E-state index contributed by atoms with van der Waals surface area (Å²) in [6, 6.07) is 8.82. The van der Waals surface area contributed by atoms with Gasteiger partial charge in [0.1, 0.15) is 0 Å². The third-order valence-corrected chi connectivity index (χ3v) is 4.58. The van der Waals surface area contributed by atoms with Crippen LogP contribution in [0.25, 0.3) is 10.2 Å². The summed E-state index contributed by atoms with van der Waals surface area (Å²) < 4.78 is 15.4. The van der Waals surface area contributed by atoms with Crippen LogP contribution >= 0.6 is 50.5 Å². The Labute approximate surface area is 136 Å². The monoisotopic (exact) mass is 390 g/mol. The summed E-state index contributed by atoms with van der Waals surface area (Å²) in [4.78, 5) is 4.45. The Morgan fingerprint density at radius 2 is 1.85 bits per heavy atom. The maximum Gasteiger partial charge on any atom is 0.188 e. The second-order valence-corrected chi connectivity index (χ2v) is 6.77. The summed E-state index contributed by atoms with van der Waals surface area (Å²) in [5.74, 6) is -0.618. The predicted octanol–water partition coefficient (Wildman–Crippen LogP) is 6.25. The SMILES string of the molecule is Fc1c(Cl)cc(Nc2nc3cc(Br)ccc3s2)cc1Cl. The molecular weight excluding hydrogens is 386 g/mol. The quantitative estimate of drug-likeness (QED) is 0.522. The zero-order chi connectivity index (χ0) is 14.3. The zero-order valence-corrected chi connectivity index (χ0v) is 13.7. The second kappa shape index (κ2) is 5.48. The van der Waals surface area contributed by atoms with E-state index in [1.807, 2.05) is 18.2 Å². The Morgan fingerprint density at radius 3 is 2.55 bits per heavy atom. The molecule has 2 aromatic carbocycles. The lowest BCUT2D eigenvalue weighted by Gasteiger charge is -2.05. The van der Waals surface area contributed by atoms with Gasteiger partial charge in [-0.05, 0) is 30.3 Å². The molecule has 3 rings (SSSR count). The van der Waals surface area contributed by atoms with E-state index in [4.69, 9.17) is 23.2 Å². The number of hydrogen-bond donors (Lipinski definition) is 1. The summed E-state index contributed by atoms with van der Waals surface area (Å²) in [5.41, 5.74) is 1.48. The fourth-order valence-electron chi connectivity index (χ4n) is 1.71. The van der Waals surface area contributed by atoms with Crippen LogP contribution in [0.5, 0.6) is 0 Å². The van der Waals surface area contributed by atoms with Gasteiger partial charge in [0.15, 0.2) is 10.9 Å². The molecule has 1 heterocycles. The maximum atomic E-state index is 13.4. The van der Waals surface area contributed by atoms with E-state index in [9.17, 15) is 4.39 Å². The lowest BCUT2D eigenvalue weighted by atomic mass is 10.3. The van der Waals surface area contributed by atoms with Gasteiger partial charge in [-0.25, -0.2) is 9.37 Å². The molecule has 0 radical (unpaired) electrons. The molecule has 1 aromatic heterocycles. The third kappa shape index (κ3) is 2.76. The number of anilines is 2. The van der Waals surface area contributed by atoms with Crippen molar-refractivity contribution in [3.8, 4) is 0 Å². The minimum atomic E-state index is -0.618. The van der Waals surface area contributed by atoms with E-state index >= 15 is 0 Å². The van der Waals surface area contributed by atoms with Crippen molar-refractivity contribution < 1.29 is 4.39 Å². The summed E-state index contributed by atoms with van der Waals surface area (Å²) >= 11 is 16.4. The van der Waals surface area contributed by atoms with Crippen LogP contribution in [-0.4, -0.2) is 4.98 Å². The van der Waals surface area contributed by atoms with Gasteiger partial charge in [-0.15, -0.1) is 0 Å². The fourth-order valence-corrected chi connectivity index (χ4v) is 3.41. The molecule has 0 atom stereocenters. The van der Waals surface area contributed by atoms with Gasteiger partial charge in [0.25, 0.3) is 0 Å². The Bertz CT molecular complexity index is 783. The highest BCUT2D eigenvalue weighted by Crippen LogP contribution is 2.33. The molecule has 0 saturated carbocycles. The maximum absolute atomic E-state index is 13.4. The second-order valence-electron chi connectivity index (χ2n) is 4.01. The highest BCUT2D eigenvalue weighted by Gasteiger charge is 2.09. The number of rotatable bonds is 2. The normalized spacial score (nSPS) is 11.0. The molecule has 0 aliphatic rings. The number of nitrogens with zero attached hydrogens (tertiary/aromatic N) is 1. The molecule has 2 nitrogen and oxygen atoms in total. The molecule has 7 heteroatoms. The van der Waals surface area contributed by atoms with Crippen molar-refractivity contribution in [3.63, 3.8) is 0 Å². The molecular formula is C13H6BrCl2FN2S. The number of fused-ring (bicyclic) bond motifs is 1. The van der Waals surface area contributed by atoms with E-state index in [1.165, 1.54) is 23.5 Å². The molecule has 0 amide bonds. The van der Waals surface area contributed by atoms with Crippen molar-refractivity contribution in [3.05, 3.63) is 50.7 Å². The Hall–Kier alpha value is -0.880. The minimum absolute atomic E-state index is 0.0242. The Morgan fingerprint density at radius 1 is 1.15 bits per heavy atom. The third-order valence-electron chi connectivity index (χ3n) is 2.58. The van der Waals surface area contributed by atoms with Gasteiger partial charge in [-0.3, -0.25) is 0 Å². The first-order valence-electron chi connectivity index (χ1n) is 5.50. The average molecular weight is 392 g/mol.